The third-order valence-corrected chi connectivity index (χ3v) is 4.14. The van der Waals surface area contributed by atoms with Gasteiger partial charge in [-0.25, -0.2) is 0 Å². The summed E-state index contributed by atoms with van der Waals surface area (Å²) in [5.74, 6) is 1.70. The van der Waals surface area contributed by atoms with Crippen molar-refractivity contribution in [2.45, 2.75) is 31.8 Å². The Morgan fingerprint density at radius 2 is 2.14 bits per heavy atom. The van der Waals surface area contributed by atoms with Gasteiger partial charge in [0.1, 0.15) is 0 Å². The quantitative estimate of drug-likeness (QED) is 0.717. The molecule has 1 nitrogen and oxygen atoms in total. The number of benzene rings is 1. The Kier molecular flexibility index (Phi) is 1.72. The molecule has 1 N–H and O–H groups in total. The first-order valence-electron chi connectivity index (χ1n) is 5.58. The van der Waals surface area contributed by atoms with Gasteiger partial charge in [0.15, 0.2) is 0 Å². The largest absolute Gasteiger partial charge is 0.392 e. The molecule has 0 heterocycles. The van der Waals surface area contributed by atoms with E-state index in [2.05, 4.69) is 31.2 Å². The molecule has 0 amide bonds. The molecule has 0 aliphatic heterocycles. The van der Waals surface area contributed by atoms with Crippen LogP contribution in [-0.2, 0) is 6.42 Å². The van der Waals surface area contributed by atoms with Crippen molar-refractivity contribution in [1.82, 2.24) is 0 Å². The summed E-state index contributed by atoms with van der Waals surface area (Å²) >= 11 is 0. The summed E-state index contributed by atoms with van der Waals surface area (Å²) in [6, 6.07) is 8.69. The van der Waals surface area contributed by atoms with E-state index >= 15 is 0 Å². The topological polar surface area (TPSA) is 20.2 Å². The number of fused-ring (bicyclic) bond motifs is 3. The van der Waals surface area contributed by atoms with Gasteiger partial charge >= 0.3 is 0 Å². The maximum atomic E-state index is 9.95. The van der Waals surface area contributed by atoms with E-state index in [0.29, 0.717) is 17.8 Å². The first kappa shape index (κ1) is 8.49. The Labute approximate surface area is 84.8 Å². The third kappa shape index (κ3) is 0.885. The van der Waals surface area contributed by atoms with Gasteiger partial charge in [-0.1, -0.05) is 37.6 Å². The molecular formula is C13H16O. The molecule has 0 saturated heterocycles. The SMILES string of the molecule is CCC1C(O)C2Cc3ccccc3C12. The molecule has 1 fully saturated rings. The van der Waals surface area contributed by atoms with Crippen LogP contribution in [0.5, 0.6) is 0 Å². The molecule has 14 heavy (non-hydrogen) atoms. The average Bonchev–Trinajstić information content (AvgIpc) is 2.55. The molecule has 0 aromatic heterocycles. The van der Waals surface area contributed by atoms with E-state index in [1.54, 1.807) is 0 Å². The number of aliphatic hydroxyl groups excluding tert-OH is 1. The van der Waals surface area contributed by atoms with Crippen molar-refractivity contribution in [3.8, 4) is 0 Å². The van der Waals surface area contributed by atoms with Gasteiger partial charge in [0.2, 0.25) is 0 Å². The van der Waals surface area contributed by atoms with Crippen LogP contribution in [0.2, 0.25) is 0 Å². The molecule has 2 aliphatic carbocycles. The normalized spacial score (nSPS) is 38.7. The van der Waals surface area contributed by atoms with Gasteiger partial charge in [-0.2, -0.15) is 0 Å². The van der Waals surface area contributed by atoms with Crippen LogP contribution in [0.25, 0.3) is 0 Å². The summed E-state index contributed by atoms with van der Waals surface area (Å²) < 4.78 is 0. The van der Waals surface area contributed by atoms with Crippen LogP contribution in [0.15, 0.2) is 24.3 Å². The standard InChI is InChI=1S/C13H16O/c1-2-9-12-10-6-4-3-5-8(10)7-11(12)13(9)14/h3-6,9,11-14H,2,7H2,1H3. The summed E-state index contributed by atoms with van der Waals surface area (Å²) in [4.78, 5) is 0. The van der Waals surface area contributed by atoms with Crippen molar-refractivity contribution in [2.75, 3.05) is 0 Å². The number of hydrogen-bond donors (Lipinski definition) is 1. The summed E-state index contributed by atoms with van der Waals surface area (Å²) in [6.45, 7) is 2.19. The van der Waals surface area contributed by atoms with Crippen LogP contribution in [0.1, 0.15) is 30.4 Å². The van der Waals surface area contributed by atoms with Crippen LogP contribution in [0.4, 0.5) is 0 Å². The zero-order valence-corrected chi connectivity index (χ0v) is 8.48. The fraction of sp³-hybridized carbons (Fsp3) is 0.538. The first-order chi connectivity index (χ1) is 6.83. The smallest absolute Gasteiger partial charge is 0.0611 e. The Morgan fingerprint density at radius 1 is 1.36 bits per heavy atom. The molecule has 74 valence electrons. The van der Waals surface area contributed by atoms with Crippen LogP contribution < -0.4 is 0 Å². The van der Waals surface area contributed by atoms with Gasteiger partial charge in [0, 0.05) is 0 Å². The molecule has 1 aromatic rings. The van der Waals surface area contributed by atoms with Crippen molar-refractivity contribution >= 4 is 0 Å². The van der Waals surface area contributed by atoms with E-state index in [1.165, 1.54) is 11.1 Å². The highest BCUT2D eigenvalue weighted by atomic mass is 16.3. The molecular weight excluding hydrogens is 172 g/mol. The first-order valence-corrected chi connectivity index (χ1v) is 5.58. The molecule has 2 aliphatic rings. The molecule has 0 spiro atoms. The maximum absolute atomic E-state index is 9.95. The fourth-order valence-electron chi connectivity index (χ4n) is 3.42. The van der Waals surface area contributed by atoms with E-state index in [1.807, 2.05) is 0 Å². The lowest BCUT2D eigenvalue weighted by atomic mass is 9.61. The summed E-state index contributed by atoms with van der Waals surface area (Å²) in [6.07, 6.45) is 2.16. The summed E-state index contributed by atoms with van der Waals surface area (Å²) in [5, 5.41) is 9.95. The van der Waals surface area contributed by atoms with Gasteiger partial charge in [0.05, 0.1) is 6.10 Å². The van der Waals surface area contributed by atoms with Crippen LogP contribution in [0.3, 0.4) is 0 Å². The van der Waals surface area contributed by atoms with Crippen LogP contribution in [0, 0.1) is 11.8 Å². The lowest BCUT2D eigenvalue weighted by Gasteiger charge is -2.46. The molecule has 0 bridgehead atoms. The number of hydrogen-bond acceptors (Lipinski definition) is 1. The molecule has 4 atom stereocenters. The Bertz CT molecular complexity index is 352. The van der Waals surface area contributed by atoms with E-state index in [9.17, 15) is 5.11 Å². The van der Waals surface area contributed by atoms with E-state index in [0.717, 1.165) is 12.8 Å². The molecule has 3 rings (SSSR count). The highest BCUT2D eigenvalue weighted by molar-refractivity contribution is 5.40. The van der Waals surface area contributed by atoms with Gasteiger partial charge in [0.25, 0.3) is 0 Å². The zero-order chi connectivity index (χ0) is 9.71. The second-order valence-electron chi connectivity index (χ2n) is 4.66. The van der Waals surface area contributed by atoms with E-state index in [4.69, 9.17) is 0 Å². The second-order valence-corrected chi connectivity index (χ2v) is 4.66. The Balaban J connectivity index is 1.99. The molecule has 1 heteroatoms. The molecule has 1 saturated carbocycles. The monoisotopic (exact) mass is 188 g/mol. The molecule has 0 radical (unpaired) electrons. The van der Waals surface area contributed by atoms with Gasteiger partial charge < -0.3 is 5.11 Å². The minimum atomic E-state index is -0.0441. The van der Waals surface area contributed by atoms with E-state index in [-0.39, 0.29) is 6.10 Å². The van der Waals surface area contributed by atoms with Crippen LogP contribution in [-0.4, -0.2) is 11.2 Å². The summed E-state index contributed by atoms with van der Waals surface area (Å²) in [7, 11) is 0. The number of aliphatic hydroxyl groups is 1. The average molecular weight is 188 g/mol. The van der Waals surface area contributed by atoms with Gasteiger partial charge in [-0.15, -0.1) is 0 Å². The third-order valence-electron chi connectivity index (χ3n) is 4.14. The second kappa shape index (κ2) is 2.83. The Morgan fingerprint density at radius 3 is 2.93 bits per heavy atom. The predicted octanol–water partition coefficient (Wildman–Crippen LogP) is 2.34. The highest BCUT2D eigenvalue weighted by Gasteiger charge is 2.52. The minimum absolute atomic E-state index is 0.0441. The maximum Gasteiger partial charge on any atom is 0.0611 e. The van der Waals surface area contributed by atoms with Crippen molar-refractivity contribution in [2.24, 2.45) is 11.8 Å². The lowest BCUT2D eigenvalue weighted by Crippen LogP contribution is -2.47. The zero-order valence-electron chi connectivity index (χ0n) is 8.48. The van der Waals surface area contributed by atoms with E-state index < -0.39 is 0 Å². The minimum Gasteiger partial charge on any atom is -0.392 e. The van der Waals surface area contributed by atoms with Crippen molar-refractivity contribution < 1.29 is 5.11 Å². The molecule has 1 aromatic carbocycles. The highest BCUT2D eigenvalue weighted by Crippen LogP contribution is 2.55. The predicted molar refractivity (Wildman–Crippen MR) is 56.2 cm³/mol. The van der Waals surface area contributed by atoms with Crippen LogP contribution >= 0.6 is 0 Å². The Hall–Kier alpha value is -0.820. The summed E-state index contributed by atoms with van der Waals surface area (Å²) in [5.41, 5.74) is 2.98. The number of rotatable bonds is 1. The fourth-order valence-corrected chi connectivity index (χ4v) is 3.42. The van der Waals surface area contributed by atoms with Gasteiger partial charge in [-0.05, 0) is 35.3 Å². The lowest BCUT2D eigenvalue weighted by molar-refractivity contribution is -0.0581. The van der Waals surface area contributed by atoms with Crippen molar-refractivity contribution in [3.05, 3.63) is 35.4 Å². The van der Waals surface area contributed by atoms with Crippen molar-refractivity contribution in [3.63, 3.8) is 0 Å². The van der Waals surface area contributed by atoms with Crippen molar-refractivity contribution in [1.29, 1.82) is 0 Å². The molecule has 4 unspecified atom stereocenters. The van der Waals surface area contributed by atoms with Gasteiger partial charge in [-0.3, -0.25) is 0 Å².